The summed E-state index contributed by atoms with van der Waals surface area (Å²) < 4.78 is 12.9. The van der Waals surface area contributed by atoms with Gasteiger partial charge in [-0.2, -0.15) is 5.10 Å². The highest BCUT2D eigenvalue weighted by Gasteiger charge is 2.33. The molecule has 0 spiro atoms. The van der Waals surface area contributed by atoms with Crippen LogP contribution in [0.1, 0.15) is 42.5 Å². The van der Waals surface area contributed by atoms with Gasteiger partial charge in [0.25, 0.3) is 0 Å². The van der Waals surface area contributed by atoms with Gasteiger partial charge >= 0.3 is 6.03 Å². The fourth-order valence-corrected chi connectivity index (χ4v) is 2.85. The van der Waals surface area contributed by atoms with Crippen LogP contribution in [0.15, 0.2) is 29.0 Å². The molecule has 7 heteroatoms. The Hall–Kier alpha value is -2.28. The number of ether oxygens (including phenoxy) is 1. The fourth-order valence-electron chi connectivity index (χ4n) is 2.85. The molecule has 2 aromatic rings. The van der Waals surface area contributed by atoms with Crippen molar-refractivity contribution in [3.8, 4) is 0 Å². The SMILES string of the molecule is Cc1c([C@H]2OCC[C@@H]2NC(=O)NC(C)c2ccco2)cnn1C. The number of hydrogen-bond donors (Lipinski definition) is 2. The molecule has 0 aromatic carbocycles. The van der Waals surface area contributed by atoms with Crippen LogP contribution >= 0.6 is 0 Å². The predicted molar refractivity (Wildman–Crippen MR) is 83.8 cm³/mol. The first-order chi connectivity index (χ1) is 11.1. The van der Waals surface area contributed by atoms with Gasteiger partial charge in [-0.1, -0.05) is 0 Å². The van der Waals surface area contributed by atoms with Crippen molar-refractivity contribution in [3.05, 3.63) is 41.6 Å². The highest BCUT2D eigenvalue weighted by molar-refractivity contribution is 5.74. The molecule has 23 heavy (non-hydrogen) atoms. The van der Waals surface area contributed by atoms with Crippen LogP contribution in [-0.4, -0.2) is 28.5 Å². The van der Waals surface area contributed by atoms with E-state index in [2.05, 4.69) is 15.7 Å². The lowest BCUT2D eigenvalue weighted by atomic mass is 10.0. The molecule has 1 aliphatic heterocycles. The number of carbonyl (C=O) groups is 1. The molecule has 0 radical (unpaired) electrons. The number of carbonyl (C=O) groups excluding carboxylic acids is 1. The number of nitrogens with one attached hydrogen (secondary N) is 2. The van der Waals surface area contributed by atoms with Crippen LogP contribution < -0.4 is 10.6 Å². The Balaban J connectivity index is 1.62. The predicted octanol–water partition coefficient (Wildman–Crippen LogP) is 2.21. The van der Waals surface area contributed by atoms with Gasteiger partial charge in [-0.05, 0) is 32.4 Å². The Labute approximate surface area is 135 Å². The third kappa shape index (κ3) is 3.24. The van der Waals surface area contributed by atoms with E-state index < -0.39 is 0 Å². The summed E-state index contributed by atoms with van der Waals surface area (Å²) in [5, 5.41) is 10.1. The van der Waals surface area contributed by atoms with Crippen molar-refractivity contribution in [1.82, 2.24) is 20.4 Å². The zero-order valence-corrected chi connectivity index (χ0v) is 13.6. The van der Waals surface area contributed by atoms with Crippen LogP contribution in [0.4, 0.5) is 4.79 Å². The molecule has 3 rings (SSSR count). The molecule has 1 aliphatic rings. The number of nitrogens with zero attached hydrogens (tertiary/aromatic N) is 2. The molecule has 3 atom stereocenters. The van der Waals surface area contributed by atoms with Crippen LogP contribution in [0.2, 0.25) is 0 Å². The summed E-state index contributed by atoms with van der Waals surface area (Å²) in [6, 6.07) is 3.16. The number of aromatic nitrogens is 2. The van der Waals surface area contributed by atoms with E-state index in [0.717, 1.165) is 23.4 Å². The standard InChI is InChI=1S/C16H22N4O3/c1-10(14-5-4-7-22-14)18-16(21)19-13-6-8-23-15(13)12-9-17-20(3)11(12)2/h4-5,7,9-10,13,15H,6,8H2,1-3H3,(H2,18,19,21)/t10?,13-,15+/m0/s1. The fraction of sp³-hybridized carbons (Fsp3) is 0.500. The largest absolute Gasteiger partial charge is 0.467 e. The Morgan fingerprint density at radius 1 is 1.52 bits per heavy atom. The molecule has 3 heterocycles. The molecule has 0 aliphatic carbocycles. The Kier molecular flexibility index (Phi) is 4.38. The van der Waals surface area contributed by atoms with Crippen molar-refractivity contribution < 1.29 is 13.9 Å². The van der Waals surface area contributed by atoms with Gasteiger partial charge in [0.1, 0.15) is 11.9 Å². The highest BCUT2D eigenvalue weighted by atomic mass is 16.5. The Morgan fingerprint density at radius 3 is 3.00 bits per heavy atom. The normalized spacial score (nSPS) is 22.0. The van der Waals surface area contributed by atoms with Gasteiger partial charge in [-0.15, -0.1) is 0 Å². The van der Waals surface area contributed by atoms with Crippen molar-refractivity contribution in [3.63, 3.8) is 0 Å². The Bertz CT molecular complexity index is 665. The maximum Gasteiger partial charge on any atom is 0.315 e. The van der Waals surface area contributed by atoms with E-state index in [1.54, 1.807) is 12.3 Å². The molecular formula is C16H22N4O3. The summed E-state index contributed by atoms with van der Waals surface area (Å²) in [6.45, 7) is 4.50. The maximum atomic E-state index is 12.2. The minimum Gasteiger partial charge on any atom is -0.467 e. The van der Waals surface area contributed by atoms with E-state index in [4.69, 9.17) is 9.15 Å². The van der Waals surface area contributed by atoms with Crippen molar-refractivity contribution in [1.29, 1.82) is 0 Å². The van der Waals surface area contributed by atoms with Crippen LogP contribution in [0.5, 0.6) is 0 Å². The lowest BCUT2D eigenvalue weighted by molar-refractivity contribution is 0.0992. The van der Waals surface area contributed by atoms with Gasteiger partial charge in [0, 0.05) is 24.9 Å². The first-order valence-electron chi connectivity index (χ1n) is 7.76. The Morgan fingerprint density at radius 2 is 2.35 bits per heavy atom. The molecule has 124 valence electrons. The highest BCUT2D eigenvalue weighted by Crippen LogP contribution is 2.30. The molecule has 2 N–H and O–H groups in total. The number of aryl methyl sites for hydroxylation is 1. The number of amides is 2. The summed E-state index contributed by atoms with van der Waals surface area (Å²) in [4.78, 5) is 12.2. The van der Waals surface area contributed by atoms with Gasteiger partial charge in [0.05, 0.1) is 24.5 Å². The molecule has 2 amide bonds. The minimum absolute atomic E-state index is 0.0679. The van der Waals surface area contributed by atoms with Crippen molar-refractivity contribution in [2.24, 2.45) is 7.05 Å². The molecule has 0 bridgehead atoms. The zero-order valence-electron chi connectivity index (χ0n) is 13.6. The van der Waals surface area contributed by atoms with Gasteiger partial charge in [0.15, 0.2) is 0 Å². The van der Waals surface area contributed by atoms with E-state index in [0.29, 0.717) is 6.61 Å². The van der Waals surface area contributed by atoms with E-state index >= 15 is 0 Å². The van der Waals surface area contributed by atoms with Crippen LogP contribution in [0.3, 0.4) is 0 Å². The number of rotatable bonds is 4. The van der Waals surface area contributed by atoms with E-state index in [-0.39, 0.29) is 24.2 Å². The quantitative estimate of drug-likeness (QED) is 0.905. The summed E-state index contributed by atoms with van der Waals surface area (Å²) in [5.41, 5.74) is 2.07. The number of hydrogen-bond acceptors (Lipinski definition) is 4. The molecule has 1 saturated heterocycles. The third-order valence-electron chi connectivity index (χ3n) is 4.31. The van der Waals surface area contributed by atoms with E-state index in [9.17, 15) is 4.79 Å². The second-order valence-electron chi connectivity index (χ2n) is 5.85. The topological polar surface area (TPSA) is 81.3 Å². The van der Waals surface area contributed by atoms with Gasteiger partial charge in [-0.3, -0.25) is 4.68 Å². The molecule has 7 nitrogen and oxygen atoms in total. The van der Waals surface area contributed by atoms with E-state index in [1.165, 1.54) is 0 Å². The summed E-state index contributed by atoms with van der Waals surface area (Å²) >= 11 is 0. The maximum absolute atomic E-state index is 12.2. The monoisotopic (exact) mass is 318 g/mol. The molecule has 1 unspecified atom stereocenters. The number of urea groups is 1. The van der Waals surface area contributed by atoms with Gasteiger partial charge in [0.2, 0.25) is 0 Å². The first-order valence-corrected chi connectivity index (χ1v) is 7.76. The first kappa shape index (κ1) is 15.6. The van der Waals surface area contributed by atoms with Crippen molar-refractivity contribution in [2.45, 2.75) is 38.5 Å². The summed E-state index contributed by atoms with van der Waals surface area (Å²) in [7, 11) is 1.90. The van der Waals surface area contributed by atoms with Crippen LogP contribution in [0.25, 0.3) is 0 Å². The van der Waals surface area contributed by atoms with E-state index in [1.807, 2.05) is 37.8 Å². The summed E-state index contributed by atoms with van der Waals surface area (Å²) in [6.07, 6.45) is 4.02. The van der Waals surface area contributed by atoms with Crippen LogP contribution in [0, 0.1) is 6.92 Å². The molecule has 0 saturated carbocycles. The summed E-state index contributed by atoms with van der Waals surface area (Å²) in [5.74, 6) is 0.725. The average Bonchev–Trinajstić information content (AvgIpc) is 3.23. The zero-order chi connectivity index (χ0) is 16.4. The molecular weight excluding hydrogens is 296 g/mol. The smallest absolute Gasteiger partial charge is 0.315 e. The van der Waals surface area contributed by atoms with Crippen LogP contribution in [-0.2, 0) is 11.8 Å². The second-order valence-corrected chi connectivity index (χ2v) is 5.85. The minimum atomic E-state index is -0.226. The second kappa shape index (κ2) is 6.45. The van der Waals surface area contributed by atoms with Crippen molar-refractivity contribution >= 4 is 6.03 Å². The van der Waals surface area contributed by atoms with Gasteiger partial charge in [-0.25, -0.2) is 4.79 Å². The third-order valence-corrected chi connectivity index (χ3v) is 4.31. The molecule has 1 fully saturated rings. The average molecular weight is 318 g/mol. The lowest BCUT2D eigenvalue weighted by Gasteiger charge is -2.21. The lowest BCUT2D eigenvalue weighted by Crippen LogP contribution is -2.44. The molecule has 2 aromatic heterocycles. The van der Waals surface area contributed by atoms with Crippen molar-refractivity contribution in [2.75, 3.05) is 6.61 Å². The van der Waals surface area contributed by atoms with Gasteiger partial charge < -0.3 is 19.8 Å². The number of furan rings is 1.